The number of para-hydroxylation sites is 2. The summed E-state index contributed by atoms with van der Waals surface area (Å²) in [5, 5.41) is 16.4. The van der Waals surface area contributed by atoms with Gasteiger partial charge in [0.2, 0.25) is 0 Å². The lowest BCUT2D eigenvalue weighted by Crippen LogP contribution is -2.12. The molecule has 0 spiro atoms. The average Bonchev–Trinajstić information content (AvgIpc) is 3.01. The third-order valence-electron chi connectivity index (χ3n) is 2.85. The first-order valence-corrected chi connectivity index (χ1v) is 5.55. The molecule has 0 amide bonds. The van der Waals surface area contributed by atoms with E-state index in [9.17, 15) is 0 Å². The van der Waals surface area contributed by atoms with Gasteiger partial charge in [0.25, 0.3) is 0 Å². The maximum absolute atomic E-state index is 4.12. The van der Waals surface area contributed by atoms with Crippen LogP contribution in [-0.2, 0) is 0 Å². The van der Waals surface area contributed by atoms with Crippen LogP contribution in [0.25, 0.3) is 22.1 Å². The standard InChI is InChI=1S/C12H8N6/c1-3-7-11-9(5-1)13-15-17(11)18-12-8-4-2-6-10(12)14-16-18/h1-8H. The Bertz CT molecular complexity index is 772. The maximum atomic E-state index is 4.12. The summed E-state index contributed by atoms with van der Waals surface area (Å²) in [6.07, 6.45) is 0. The molecule has 0 saturated carbocycles. The summed E-state index contributed by atoms with van der Waals surface area (Å²) in [7, 11) is 0. The molecule has 0 unspecified atom stereocenters. The number of hydrogen-bond donors (Lipinski definition) is 0. The molecule has 0 saturated heterocycles. The fourth-order valence-corrected chi connectivity index (χ4v) is 1.99. The highest BCUT2D eigenvalue weighted by Crippen LogP contribution is 2.14. The zero-order chi connectivity index (χ0) is 11.9. The smallest absolute Gasteiger partial charge is 0.115 e. The topological polar surface area (TPSA) is 61.4 Å². The van der Waals surface area contributed by atoms with Crippen LogP contribution in [0.4, 0.5) is 0 Å². The highest BCUT2D eigenvalue weighted by atomic mass is 15.8. The van der Waals surface area contributed by atoms with E-state index in [0.717, 1.165) is 22.1 Å². The molecule has 4 rings (SSSR count). The maximum Gasteiger partial charge on any atom is 0.115 e. The molecular weight excluding hydrogens is 228 g/mol. The molecule has 6 nitrogen and oxygen atoms in total. The summed E-state index contributed by atoms with van der Waals surface area (Å²) in [5.74, 6) is 0. The minimum absolute atomic E-state index is 0.831. The lowest BCUT2D eigenvalue weighted by atomic mass is 10.3. The van der Waals surface area contributed by atoms with Crippen LogP contribution in [0.1, 0.15) is 0 Å². The van der Waals surface area contributed by atoms with Gasteiger partial charge in [0, 0.05) is 0 Å². The van der Waals surface area contributed by atoms with Crippen LogP contribution in [0.2, 0.25) is 0 Å². The van der Waals surface area contributed by atoms with E-state index in [0.29, 0.717) is 0 Å². The van der Waals surface area contributed by atoms with E-state index in [1.54, 1.807) is 9.58 Å². The molecule has 2 heterocycles. The molecule has 0 aliphatic rings. The molecule has 0 atom stereocenters. The molecule has 2 aromatic carbocycles. The second-order valence-electron chi connectivity index (χ2n) is 3.94. The number of nitrogens with zero attached hydrogens (tertiary/aromatic N) is 6. The number of benzene rings is 2. The van der Waals surface area contributed by atoms with Crippen LogP contribution in [0, 0.1) is 0 Å². The summed E-state index contributed by atoms with van der Waals surface area (Å²) in [6.45, 7) is 0. The van der Waals surface area contributed by atoms with Crippen molar-refractivity contribution in [2.45, 2.75) is 0 Å². The molecule has 2 aromatic heterocycles. The van der Waals surface area contributed by atoms with Crippen molar-refractivity contribution >= 4 is 22.1 Å². The second kappa shape index (κ2) is 3.36. The zero-order valence-corrected chi connectivity index (χ0v) is 9.30. The van der Waals surface area contributed by atoms with E-state index >= 15 is 0 Å². The minimum atomic E-state index is 0.831. The fraction of sp³-hybridized carbons (Fsp3) is 0. The summed E-state index contributed by atoms with van der Waals surface area (Å²) in [4.78, 5) is 3.29. The van der Waals surface area contributed by atoms with Crippen molar-refractivity contribution in [2.75, 3.05) is 0 Å². The van der Waals surface area contributed by atoms with E-state index in [4.69, 9.17) is 0 Å². The van der Waals surface area contributed by atoms with E-state index in [1.807, 2.05) is 48.5 Å². The lowest BCUT2D eigenvalue weighted by molar-refractivity contribution is 0.505. The molecule has 0 N–H and O–H groups in total. The Hall–Kier alpha value is -2.76. The van der Waals surface area contributed by atoms with Crippen LogP contribution in [0.15, 0.2) is 48.5 Å². The van der Waals surface area contributed by atoms with Crippen LogP contribution in [0.5, 0.6) is 0 Å². The molecule has 0 radical (unpaired) electrons. The van der Waals surface area contributed by atoms with Crippen molar-refractivity contribution in [3.63, 3.8) is 0 Å². The molecule has 0 aliphatic heterocycles. The van der Waals surface area contributed by atoms with E-state index in [-0.39, 0.29) is 0 Å². The van der Waals surface area contributed by atoms with Crippen molar-refractivity contribution in [1.29, 1.82) is 0 Å². The first-order chi connectivity index (χ1) is 8.93. The largest absolute Gasteiger partial charge is 0.128 e. The Morgan fingerprint density at radius 3 is 1.56 bits per heavy atom. The zero-order valence-electron chi connectivity index (χ0n) is 9.30. The van der Waals surface area contributed by atoms with Gasteiger partial charge in [-0.05, 0) is 34.7 Å². The number of aromatic nitrogens is 6. The first kappa shape index (κ1) is 9.29. The van der Waals surface area contributed by atoms with Crippen molar-refractivity contribution < 1.29 is 0 Å². The monoisotopic (exact) mass is 236 g/mol. The van der Waals surface area contributed by atoms with Gasteiger partial charge in [-0.25, -0.2) is 0 Å². The predicted octanol–water partition coefficient (Wildman–Crippen LogP) is 1.49. The van der Waals surface area contributed by atoms with Gasteiger partial charge >= 0.3 is 0 Å². The van der Waals surface area contributed by atoms with E-state index in [2.05, 4.69) is 20.6 Å². The molecule has 0 aliphatic carbocycles. The molecule has 0 fully saturated rings. The predicted molar refractivity (Wildman–Crippen MR) is 65.9 cm³/mol. The average molecular weight is 236 g/mol. The minimum Gasteiger partial charge on any atom is -0.128 e. The number of rotatable bonds is 1. The van der Waals surface area contributed by atoms with Gasteiger partial charge < -0.3 is 0 Å². The van der Waals surface area contributed by atoms with Gasteiger partial charge in [0.05, 0.1) is 0 Å². The Labute approximate surface area is 101 Å². The summed E-state index contributed by atoms with van der Waals surface area (Å²) < 4.78 is 0. The number of fused-ring (bicyclic) bond motifs is 2. The van der Waals surface area contributed by atoms with Gasteiger partial charge in [0.1, 0.15) is 22.1 Å². The van der Waals surface area contributed by atoms with Crippen LogP contribution < -0.4 is 0 Å². The van der Waals surface area contributed by atoms with Crippen LogP contribution in [0.3, 0.4) is 0 Å². The SMILES string of the molecule is c1ccc2c(c1)nnn2-n1nnc2ccccc21. The van der Waals surface area contributed by atoms with Crippen LogP contribution in [-0.4, -0.2) is 30.2 Å². The molecule has 4 aromatic rings. The van der Waals surface area contributed by atoms with Gasteiger partial charge in [-0.3, -0.25) is 0 Å². The quantitative estimate of drug-likeness (QED) is 0.502. The molecule has 18 heavy (non-hydrogen) atoms. The van der Waals surface area contributed by atoms with Crippen LogP contribution >= 0.6 is 0 Å². The second-order valence-corrected chi connectivity index (χ2v) is 3.94. The van der Waals surface area contributed by atoms with Gasteiger partial charge in [-0.2, -0.15) is 0 Å². The van der Waals surface area contributed by atoms with Gasteiger partial charge in [0.15, 0.2) is 0 Å². The summed E-state index contributed by atoms with van der Waals surface area (Å²) in [6, 6.07) is 15.5. The fourth-order valence-electron chi connectivity index (χ4n) is 1.99. The van der Waals surface area contributed by atoms with E-state index in [1.165, 1.54) is 0 Å². The Morgan fingerprint density at radius 1 is 0.611 bits per heavy atom. The highest BCUT2D eigenvalue weighted by Gasteiger charge is 2.09. The van der Waals surface area contributed by atoms with Crippen molar-refractivity contribution in [2.24, 2.45) is 0 Å². The molecule has 6 heteroatoms. The van der Waals surface area contributed by atoms with Crippen molar-refractivity contribution in [1.82, 2.24) is 30.2 Å². The Morgan fingerprint density at radius 2 is 1.06 bits per heavy atom. The normalized spacial score (nSPS) is 11.3. The van der Waals surface area contributed by atoms with Crippen molar-refractivity contribution in [3.05, 3.63) is 48.5 Å². The Balaban J connectivity index is 2.08. The Kier molecular flexibility index (Phi) is 1.74. The molecule has 86 valence electrons. The summed E-state index contributed by atoms with van der Waals surface area (Å²) in [5.41, 5.74) is 3.45. The van der Waals surface area contributed by atoms with Crippen molar-refractivity contribution in [3.8, 4) is 0 Å². The third-order valence-corrected chi connectivity index (χ3v) is 2.85. The van der Waals surface area contributed by atoms with E-state index < -0.39 is 0 Å². The van der Waals surface area contributed by atoms with Gasteiger partial charge in [-0.15, -0.1) is 19.8 Å². The van der Waals surface area contributed by atoms with Gasteiger partial charge in [-0.1, -0.05) is 24.3 Å². The third kappa shape index (κ3) is 1.17. The highest BCUT2D eigenvalue weighted by molar-refractivity contribution is 5.76. The molecular formula is C12H8N6. The first-order valence-electron chi connectivity index (χ1n) is 5.55. The lowest BCUT2D eigenvalue weighted by Gasteiger charge is -2.01. The molecule has 0 bridgehead atoms. The summed E-state index contributed by atoms with van der Waals surface area (Å²) >= 11 is 0. The number of hydrogen-bond acceptors (Lipinski definition) is 4.